The molecule has 0 saturated heterocycles. The van der Waals surface area contributed by atoms with Crippen molar-refractivity contribution in [2.24, 2.45) is 0 Å². The lowest BCUT2D eigenvalue weighted by atomic mass is 10.0. The van der Waals surface area contributed by atoms with Crippen LogP contribution < -0.4 is 19.5 Å². The molecule has 0 radical (unpaired) electrons. The summed E-state index contributed by atoms with van der Waals surface area (Å²) in [6, 6.07) is 9.49. The summed E-state index contributed by atoms with van der Waals surface area (Å²) in [4.78, 5) is 40.7. The van der Waals surface area contributed by atoms with Crippen molar-refractivity contribution in [3.63, 3.8) is 0 Å². The smallest absolute Gasteiger partial charge is 0.490 e. The van der Waals surface area contributed by atoms with E-state index in [0.29, 0.717) is 5.75 Å². The van der Waals surface area contributed by atoms with Crippen molar-refractivity contribution in [1.29, 1.82) is 0 Å². The van der Waals surface area contributed by atoms with Crippen molar-refractivity contribution in [1.82, 2.24) is 4.98 Å². The third kappa shape index (κ3) is 6.46. The molecule has 3 rings (SSSR count). The molecular weight excluding hydrogens is 497 g/mol. The van der Waals surface area contributed by atoms with E-state index in [1.165, 1.54) is 32.5 Å². The molecule has 0 aliphatic heterocycles. The van der Waals surface area contributed by atoms with Crippen LogP contribution in [0, 0.1) is 0 Å². The zero-order valence-electron chi connectivity index (χ0n) is 20.3. The number of amides is 1. The molecule has 0 bridgehead atoms. The van der Waals surface area contributed by atoms with E-state index in [0.717, 1.165) is 0 Å². The van der Waals surface area contributed by atoms with E-state index in [1.807, 2.05) is 13.8 Å². The van der Waals surface area contributed by atoms with Crippen molar-refractivity contribution >= 4 is 34.1 Å². The Morgan fingerprint density at radius 3 is 2.24 bits per heavy atom. The number of esters is 1. The molecule has 9 nitrogen and oxygen atoms in total. The van der Waals surface area contributed by atoms with Gasteiger partial charge in [-0.15, -0.1) is 0 Å². The maximum absolute atomic E-state index is 13.4. The molecular formula is C25H23F3N2O7. The van der Waals surface area contributed by atoms with Crippen LogP contribution in [0.1, 0.15) is 29.9 Å². The number of halogens is 3. The van der Waals surface area contributed by atoms with E-state index in [1.54, 1.807) is 24.3 Å². The van der Waals surface area contributed by atoms with Gasteiger partial charge in [0.25, 0.3) is 5.91 Å². The summed E-state index contributed by atoms with van der Waals surface area (Å²) in [5.41, 5.74) is 0.342. The lowest BCUT2D eigenvalue weighted by Crippen LogP contribution is -2.29. The third-order valence-corrected chi connectivity index (χ3v) is 4.91. The second-order valence-corrected chi connectivity index (χ2v) is 7.92. The van der Waals surface area contributed by atoms with E-state index in [-0.39, 0.29) is 45.3 Å². The molecule has 0 aliphatic rings. The van der Waals surface area contributed by atoms with Gasteiger partial charge in [-0.25, -0.2) is 9.78 Å². The minimum Gasteiger partial charge on any atom is -0.493 e. The topological polar surface area (TPSA) is 113 Å². The van der Waals surface area contributed by atoms with Crippen molar-refractivity contribution in [2.45, 2.75) is 26.1 Å². The van der Waals surface area contributed by atoms with E-state index in [9.17, 15) is 27.6 Å². The van der Waals surface area contributed by atoms with Crippen LogP contribution in [-0.2, 0) is 14.3 Å². The average Bonchev–Trinajstić information content (AvgIpc) is 2.85. The molecule has 0 fully saturated rings. The Morgan fingerprint density at radius 2 is 1.65 bits per heavy atom. The molecule has 2 aromatic carbocycles. The van der Waals surface area contributed by atoms with E-state index >= 15 is 0 Å². The molecule has 0 spiro atoms. The Morgan fingerprint density at radius 1 is 1.00 bits per heavy atom. The minimum absolute atomic E-state index is 0.0131. The Hall–Kier alpha value is -4.35. The summed E-state index contributed by atoms with van der Waals surface area (Å²) in [5, 5.41) is 2.89. The zero-order chi connectivity index (χ0) is 27.3. The summed E-state index contributed by atoms with van der Waals surface area (Å²) in [5.74, 6) is -2.99. The van der Waals surface area contributed by atoms with Crippen molar-refractivity contribution < 1.29 is 46.5 Å². The van der Waals surface area contributed by atoms with Gasteiger partial charge in [-0.2, -0.15) is 13.2 Å². The fourth-order valence-electron chi connectivity index (χ4n) is 3.37. The maximum Gasteiger partial charge on any atom is 0.490 e. The highest BCUT2D eigenvalue weighted by Crippen LogP contribution is 2.37. The highest BCUT2D eigenvalue weighted by Gasteiger charge is 2.41. The van der Waals surface area contributed by atoms with Crippen LogP contribution in [0.2, 0.25) is 0 Å². The number of alkyl halides is 3. The van der Waals surface area contributed by atoms with Gasteiger partial charge in [-0.05, 0) is 38.1 Å². The second kappa shape index (κ2) is 11.1. The highest BCUT2D eigenvalue weighted by atomic mass is 19.4. The van der Waals surface area contributed by atoms with Gasteiger partial charge in [0, 0.05) is 16.3 Å². The third-order valence-electron chi connectivity index (χ3n) is 4.91. The van der Waals surface area contributed by atoms with Crippen LogP contribution in [0.3, 0.4) is 0 Å². The fraction of sp³-hybridized carbons (Fsp3) is 0.280. The van der Waals surface area contributed by atoms with Crippen LogP contribution in [0.4, 0.5) is 18.9 Å². The number of hydrogen-bond donors (Lipinski definition) is 1. The number of carbonyl (C=O) groups is 3. The molecule has 1 heterocycles. The molecule has 0 unspecified atom stereocenters. The number of methoxy groups -OCH3 is 2. The first kappa shape index (κ1) is 27.2. The van der Waals surface area contributed by atoms with Gasteiger partial charge < -0.3 is 24.3 Å². The molecule has 0 saturated carbocycles. The van der Waals surface area contributed by atoms with Crippen LogP contribution in [0.15, 0.2) is 42.6 Å². The summed E-state index contributed by atoms with van der Waals surface area (Å²) < 4.78 is 57.3. The molecule has 196 valence electrons. The first-order valence-corrected chi connectivity index (χ1v) is 10.8. The van der Waals surface area contributed by atoms with E-state index in [2.05, 4.69) is 15.0 Å². The number of nitrogens with zero attached hydrogens (tertiary/aromatic N) is 1. The zero-order valence-corrected chi connectivity index (χ0v) is 20.3. The van der Waals surface area contributed by atoms with Gasteiger partial charge in [-0.3, -0.25) is 9.59 Å². The van der Waals surface area contributed by atoms with Crippen molar-refractivity contribution in [3.8, 4) is 17.2 Å². The maximum atomic E-state index is 13.4. The second-order valence-electron chi connectivity index (χ2n) is 7.92. The first-order valence-electron chi connectivity index (χ1n) is 10.8. The molecule has 1 amide bonds. The van der Waals surface area contributed by atoms with Gasteiger partial charge in [-0.1, -0.05) is 12.1 Å². The number of pyridine rings is 1. The fourth-order valence-corrected chi connectivity index (χ4v) is 3.37. The summed E-state index contributed by atoms with van der Waals surface area (Å²) in [7, 11) is 2.78. The van der Waals surface area contributed by atoms with Gasteiger partial charge in [0.05, 0.1) is 32.2 Å². The Balaban J connectivity index is 2.02. The summed E-state index contributed by atoms with van der Waals surface area (Å²) >= 11 is 0. The molecule has 0 aliphatic carbocycles. The normalized spacial score (nSPS) is 11.2. The Kier molecular flexibility index (Phi) is 8.21. The Bertz CT molecular complexity index is 1340. The largest absolute Gasteiger partial charge is 0.493 e. The molecule has 12 heteroatoms. The molecule has 1 aromatic heterocycles. The van der Waals surface area contributed by atoms with Crippen LogP contribution in [0.5, 0.6) is 17.2 Å². The number of aromatic nitrogens is 1. The summed E-state index contributed by atoms with van der Waals surface area (Å²) in [6.45, 7) is 2.51. The Labute approximate surface area is 209 Å². The molecule has 37 heavy (non-hydrogen) atoms. The number of hydrogen-bond acceptors (Lipinski definition) is 8. The predicted octanol–water partition coefficient (Wildman–Crippen LogP) is 4.31. The average molecular weight is 520 g/mol. The van der Waals surface area contributed by atoms with Crippen LogP contribution >= 0.6 is 0 Å². The lowest BCUT2D eigenvalue weighted by molar-refractivity contribution is -0.199. The molecule has 1 N–H and O–H groups in total. The number of nitrogens with one attached hydrogen (secondary N) is 1. The van der Waals surface area contributed by atoms with Crippen LogP contribution in [-0.4, -0.2) is 55.8 Å². The summed E-state index contributed by atoms with van der Waals surface area (Å²) in [6.07, 6.45) is -4.18. The number of ketones is 1. The number of ether oxygens (including phenoxy) is 4. The van der Waals surface area contributed by atoms with E-state index in [4.69, 9.17) is 14.2 Å². The number of carbonyl (C=O) groups excluding carboxylic acids is 3. The van der Waals surface area contributed by atoms with Crippen molar-refractivity contribution in [2.75, 3.05) is 26.1 Å². The highest BCUT2D eigenvalue weighted by molar-refractivity contribution is 6.17. The SMILES string of the molecule is COc1cc2c(NC(=O)COC(=O)C(F)(F)F)cnc(C(=O)c3cccc(OC(C)C)c3)c2cc1OC. The quantitative estimate of drug-likeness (QED) is 0.328. The van der Waals surface area contributed by atoms with Gasteiger partial charge in [0.1, 0.15) is 11.4 Å². The molecule has 3 aromatic rings. The van der Waals surface area contributed by atoms with Gasteiger partial charge >= 0.3 is 12.1 Å². The minimum atomic E-state index is -5.24. The standard InChI is InChI=1S/C25H23F3N2O7/c1-13(2)37-15-7-5-6-14(8-15)23(32)22-17-10-20(35-4)19(34-3)9-16(17)18(11-29-22)30-21(31)12-36-24(33)25(26,27)28/h5-11,13H,12H2,1-4H3,(H,30,31). The first-order chi connectivity index (χ1) is 17.4. The molecule has 0 atom stereocenters. The van der Waals surface area contributed by atoms with E-state index < -0.39 is 30.4 Å². The predicted molar refractivity (Wildman–Crippen MR) is 126 cm³/mol. The van der Waals surface area contributed by atoms with Gasteiger partial charge in [0.15, 0.2) is 18.1 Å². The monoisotopic (exact) mass is 520 g/mol. The number of anilines is 1. The number of benzene rings is 2. The van der Waals surface area contributed by atoms with Crippen molar-refractivity contribution in [3.05, 3.63) is 53.9 Å². The van der Waals surface area contributed by atoms with Gasteiger partial charge in [0.2, 0.25) is 5.78 Å². The number of fused-ring (bicyclic) bond motifs is 1. The van der Waals surface area contributed by atoms with Crippen LogP contribution in [0.25, 0.3) is 10.8 Å². The lowest BCUT2D eigenvalue weighted by Gasteiger charge is -2.15. The number of rotatable bonds is 9.